The molecular weight excluding hydrogens is 347 g/mol. The number of hydrogen-bond donors (Lipinski definition) is 2. The Bertz CT molecular complexity index is 565. The standard InChI is InChI=1S/C14H20F3N5O.ClH/c15-14(16,17)12-6-10(19-20-12)8-21-4-1-2-11(9-21)22-5-3-18-7-13(22)23;/h6,11,18H,1-5,7-9H2,(H,19,20);1H. The maximum absolute atomic E-state index is 12.6. The van der Waals surface area contributed by atoms with E-state index < -0.39 is 11.9 Å². The van der Waals surface area contributed by atoms with E-state index in [0.717, 1.165) is 32.0 Å². The third-order valence-corrected chi connectivity index (χ3v) is 4.36. The Hall–Kier alpha value is -1.32. The smallest absolute Gasteiger partial charge is 0.336 e. The fourth-order valence-electron chi connectivity index (χ4n) is 3.27. The van der Waals surface area contributed by atoms with E-state index in [4.69, 9.17) is 0 Å². The molecule has 3 heterocycles. The highest BCUT2D eigenvalue weighted by Gasteiger charge is 2.34. The number of piperidine rings is 1. The number of alkyl halides is 3. The lowest BCUT2D eigenvalue weighted by molar-refractivity contribution is -0.141. The largest absolute Gasteiger partial charge is 0.435 e. The molecule has 2 aliphatic heterocycles. The van der Waals surface area contributed by atoms with Gasteiger partial charge in [-0.3, -0.25) is 14.8 Å². The molecule has 1 aromatic heterocycles. The van der Waals surface area contributed by atoms with Crippen LogP contribution in [0.5, 0.6) is 0 Å². The summed E-state index contributed by atoms with van der Waals surface area (Å²) in [5.41, 5.74) is -0.442. The fraction of sp³-hybridized carbons (Fsp3) is 0.714. The summed E-state index contributed by atoms with van der Waals surface area (Å²) in [7, 11) is 0. The number of piperazine rings is 1. The van der Waals surface area contributed by atoms with E-state index >= 15 is 0 Å². The number of likely N-dealkylation sites (tertiary alicyclic amines) is 1. The van der Waals surface area contributed by atoms with Gasteiger partial charge in [-0.2, -0.15) is 18.3 Å². The first-order valence-electron chi connectivity index (χ1n) is 7.77. The molecule has 0 radical (unpaired) electrons. The third-order valence-electron chi connectivity index (χ3n) is 4.36. The van der Waals surface area contributed by atoms with Crippen molar-refractivity contribution in [2.75, 3.05) is 32.7 Å². The van der Waals surface area contributed by atoms with Gasteiger partial charge in [-0.25, -0.2) is 0 Å². The van der Waals surface area contributed by atoms with E-state index in [9.17, 15) is 18.0 Å². The van der Waals surface area contributed by atoms with Gasteiger partial charge in [0, 0.05) is 37.9 Å². The number of aromatic nitrogens is 2. The Morgan fingerprint density at radius 3 is 2.79 bits per heavy atom. The number of H-pyrrole nitrogens is 1. The zero-order valence-electron chi connectivity index (χ0n) is 13.1. The number of nitrogens with zero attached hydrogens (tertiary/aromatic N) is 3. The minimum Gasteiger partial charge on any atom is -0.336 e. The summed E-state index contributed by atoms with van der Waals surface area (Å²) in [6.45, 7) is 3.74. The molecule has 1 unspecified atom stereocenters. The first-order valence-corrected chi connectivity index (χ1v) is 7.77. The summed E-state index contributed by atoms with van der Waals surface area (Å²) in [4.78, 5) is 16.0. The molecule has 2 N–H and O–H groups in total. The van der Waals surface area contributed by atoms with E-state index in [2.05, 4.69) is 20.4 Å². The average Bonchev–Trinajstić information content (AvgIpc) is 2.97. The second-order valence-electron chi connectivity index (χ2n) is 6.07. The molecule has 1 amide bonds. The van der Waals surface area contributed by atoms with E-state index in [1.165, 1.54) is 0 Å². The summed E-state index contributed by atoms with van der Waals surface area (Å²) in [6.07, 6.45) is -2.55. The first-order chi connectivity index (χ1) is 10.9. The summed E-state index contributed by atoms with van der Waals surface area (Å²) in [6, 6.07) is 1.20. The highest BCUT2D eigenvalue weighted by molar-refractivity contribution is 5.85. The summed E-state index contributed by atoms with van der Waals surface area (Å²) >= 11 is 0. The van der Waals surface area contributed by atoms with Crippen molar-refractivity contribution in [3.63, 3.8) is 0 Å². The molecule has 0 spiro atoms. The molecule has 0 aliphatic carbocycles. The van der Waals surface area contributed by atoms with Crippen LogP contribution in [0.2, 0.25) is 0 Å². The number of nitrogens with one attached hydrogen (secondary N) is 2. The number of hydrogen-bond acceptors (Lipinski definition) is 4. The number of aromatic amines is 1. The first kappa shape index (κ1) is 19.0. The van der Waals surface area contributed by atoms with Crippen LogP contribution < -0.4 is 5.32 Å². The Balaban J connectivity index is 0.00000208. The topological polar surface area (TPSA) is 64.3 Å². The zero-order chi connectivity index (χ0) is 16.4. The molecule has 136 valence electrons. The molecule has 24 heavy (non-hydrogen) atoms. The molecule has 1 aromatic rings. The Morgan fingerprint density at radius 2 is 2.12 bits per heavy atom. The molecule has 0 aromatic carbocycles. The number of amides is 1. The number of rotatable bonds is 3. The maximum Gasteiger partial charge on any atom is 0.435 e. The molecular formula is C14H21ClF3N5O. The van der Waals surface area contributed by atoms with Crippen LogP contribution in [0.4, 0.5) is 13.2 Å². The third kappa shape index (κ3) is 4.40. The van der Waals surface area contributed by atoms with Crippen LogP contribution in [0.15, 0.2) is 6.07 Å². The molecule has 3 rings (SSSR count). The van der Waals surface area contributed by atoms with Crippen LogP contribution in [0.25, 0.3) is 0 Å². The van der Waals surface area contributed by atoms with Gasteiger partial charge in [0.15, 0.2) is 5.69 Å². The molecule has 2 fully saturated rings. The Morgan fingerprint density at radius 1 is 1.33 bits per heavy atom. The minimum absolute atomic E-state index is 0. The second-order valence-corrected chi connectivity index (χ2v) is 6.07. The molecule has 1 atom stereocenters. The highest BCUT2D eigenvalue weighted by atomic mass is 35.5. The normalized spacial score (nSPS) is 23.2. The average molecular weight is 368 g/mol. The maximum atomic E-state index is 12.6. The Labute approximate surface area is 144 Å². The van der Waals surface area contributed by atoms with E-state index in [0.29, 0.717) is 31.9 Å². The van der Waals surface area contributed by atoms with Crippen molar-refractivity contribution < 1.29 is 18.0 Å². The van der Waals surface area contributed by atoms with Crippen LogP contribution in [0.1, 0.15) is 24.2 Å². The zero-order valence-corrected chi connectivity index (χ0v) is 13.9. The van der Waals surface area contributed by atoms with E-state index in [1.807, 2.05) is 4.90 Å². The van der Waals surface area contributed by atoms with Gasteiger partial charge >= 0.3 is 6.18 Å². The van der Waals surface area contributed by atoms with Crippen LogP contribution in [-0.2, 0) is 17.5 Å². The summed E-state index contributed by atoms with van der Waals surface area (Å²) in [5, 5.41) is 8.83. The number of carbonyl (C=O) groups excluding carboxylic acids is 1. The van der Waals surface area contributed by atoms with Crippen molar-refractivity contribution in [1.82, 2.24) is 25.3 Å². The van der Waals surface area contributed by atoms with Gasteiger partial charge in [-0.15, -0.1) is 12.4 Å². The molecule has 6 nitrogen and oxygen atoms in total. The predicted octanol–water partition coefficient (Wildman–Crippen LogP) is 1.25. The van der Waals surface area contributed by atoms with Gasteiger partial charge in [-0.1, -0.05) is 0 Å². The van der Waals surface area contributed by atoms with Gasteiger partial charge in [-0.05, 0) is 25.5 Å². The molecule has 0 saturated carbocycles. The van der Waals surface area contributed by atoms with Gasteiger partial charge in [0.1, 0.15) is 0 Å². The molecule has 2 saturated heterocycles. The van der Waals surface area contributed by atoms with E-state index in [1.54, 1.807) is 0 Å². The van der Waals surface area contributed by atoms with Crippen molar-refractivity contribution in [1.29, 1.82) is 0 Å². The molecule has 10 heteroatoms. The van der Waals surface area contributed by atoms with Crippen LogP contribution in [-0.4, -0.2) is 64.7 Å². The van der Waals surface area contributed by atoms with Crippen LogP contribution in [0.3, 0.4) is 0 Å². The number of carbonyl (C=O) groups is 1. The van der Waals surface area contributed by atoms with Crippen molar-refractivity contribution in [3.8, 4) is 0 Å². The quantitative estimate of drug-likeness (QED) is 0.844. The van der Waals surface area contributed by atoms with Crippen molar-refractivity contribution in [2.24, 2.45) is 0 Å². The SMILES string of the molecule is Cl.O=C1CNCCN1C1CCCN(Cc2cc(C(F)(F)F)n[nH]2)C1. The van der Waals surface area contributed by atoms with Crippen LogP contribution >= 0.6 is 12.4 Å². The van der Waals surface area contributed by atoms with Gasteiger partial charge in [0.05, 0.1) is 6.54 Å². The fourth-order valence-corrected chi connectivity index (χ4v) is 3.27. The van der Waals surface area contributed by atoms with Crippen molar-refractivity contribution in [3.05, 3.63) is 17.5 Å². The van der Waals surface area contributed by atoms with Crippen molar-refractivity contribution >= 4 is 18.3 Å². The van der Waals surface area contributed by atoms with Gasteiger partial charge in [0.2, 0.25) is 5.91 Å². The summed E-state index contributed by atoms with van der Waals surface area (Å²) in [5.74, 6) is 0.101. The van der Waals surface area contributed by atoms with Crippen molar-refractivity contribution in [2.45, 2.75) is 31.6 Å². The minimum atomic E-state index is -4.42. The van der Waals surface area contributed by atoms with Gasteiger partial charge < -0.3 is 10.2 Å². The second kappa shape index (κ2) is 7.71. The molecule has 2 aliphatic rings. The van der Waals surface area contributed by atoms with Gasteiger partial charge in [0.25, 0.3) is 0 Å². The lowest BCUT2D eigenvalue weighted by Gasteiger charge is -2.41. The lowest BCUT2D eigenvalue weighted by atomic mass is 10.0. The number of halogens is 4. The highest BCUT2D eigenvalue weighted by Crippen LogP contribution is 2.28. The Kier molecular flexibility index (Phi) is 6.11. The monoisotopic (exact) mass is 367 g/mol. The molecule has 0 bridgehead atoms. The van der Waals surface area contributed by atoms with Crippen LogP contribution in [0, 0.1) is 0 Å². The predicted molar refractivity (Wildman–Crippen MR) is 83.7 cm³/mol. The summed E-state index contributed by atoms with van der Waals surface area (Å²) < 4.78 is 37.7. The lowest BCUT2D eigenvalue weighted by Crippen LogP contribution is -2.56. The van der Waals surface area contributed by atoms with E-state index in [-0.39, 0.29) is 24.4 Å².